The van der Waals surface area contributed by atoms with Gasteiger partial charge in [0.1, 0.15) is 12.4 Å². The number of para-hydroxylation sites is 2. The summed E-state index contributed by atoms with van der Waals surface area (Å²) >= 11 is 0. The van der Waals surface area contributed by atoms with Crippen LogP contribution in [0.15, 0.2) is 24.3 Å². The van der Waals surface area contributed by atoms with Crippen LogP contribution in [0.3, 0.4) is 0 Å². The summed E-state index contributed by atoms with van der Waals surface area (Å²) in [6.07, 6.45) is 0.218. The molecule has 0 unspecified atom stereocenters. The van der Waals surface area contributed by atoms with Crippen molar-refractivity contribution in [2.45, 2.75) is 41.0 Å². The summed E-state index contributed by atoms with van der Waals surface area (Å²) < 4.78 is 5.83. The summed E-state index contributed by atoms with van der Waals surface area (Å²) in [7, 11) is 0. The third kappa shape index (κ3) is 7.87. The first-order valence-corrected chi connectivity index (χ1v) is 9.30. The summed E-state index contributed by atoms with van der Waals surface area (Å²) in [5, 5.41) is 5.64. The van der Waals surface area contributed by atoms with E-state index in [4.69, 9.17) is 4.74 Å². The van der Waals surface area contributed by atoms with Gasteiger partial charge in [0.2, 0.25) is 11.8 Å². The first-order chi connectivity index (χ1) is 12.3. The van der Waals surface area contributed by atoms with Crippen LogP contribution in [0.1, 0.15) is 41.0 Å². The second kappa shape index (κ2) is 10.8. The predicted molar refractivity (Wildman–Crippen MR) is 105 cm³/mol. The summed E-state index contributed by atoms with van der Waals surface area (Å²) in [4.78, 5) is 26.2. The van der Waals surface area contributed by atoms with E-state index in [1.165, 1.54) is 0 Å². The molecule has 1 rings (SSSR count). The number of likely N-dealkylation sites (N-methyl/N-ethyl adjacent to an activating group) is 1. The molecule has 0 bridgehead atoms. The first-order valence-electron chi connectivity index (χ1n) is 9.30. The van der Waals surface area contributed by atoms with Gasteiger partial charge in [-0.15, -0.1) is 0 Å². The highest BCUT2D eigenvalue weighted by Gasteiger charge is 2.20. The average Bonchev–Trinajstić information content (AvgIpc) is 2.59. The lowest BCUT2D eigenvalue weighted by Crippen LogP contribution is -2.36. The van der Waals surface area contributed by atoms with Crippen molar-refractivity contribution >= 4 is 17.5 Å². The average molecular weight is 364 g/mol. The van der Waals surface area contributed by atoms with Crippen molar-refractivity contribution < 1.29 is 14.3 Å². The number of hydrogen-bond acceptors (Lipinski definition) is 4. The number of ether oxygens (including phenoxy) is 1. The van der Waals surface area contributed by atoms with E-state index in [1.54, 1.807) is 0 Å². The highest BCUT2D eigenvalue weighted by molar-refractivity contribution is 5.92. The summed E-state index contributed by atoms with van der Waals surface area (Å²) in [5.74, 6) is 0.441. The van der Waals surface area contributed by atoms with Crippen LogP contribution >= 0.6 is 0 Å². The van der Waals surface area contributed by atoms with Gasteiger partial charge in [0, 0.05) is 24.9 Å². The molecular weight excluding hydrogens is 330 g/mol. The van der Waals surface area contributed by atoms with E-state index in [2.05, 4.69) is 29.4 Å². The van der Waals surface area contributed by atoms with Crippen LogP contribution < -0.4 is 15.4 Å². The molecule has 6 heteroatoms. The maximum absolute atomic E-state index is 12.1. The maximum atomic E-state index is 12.1. The fourth-order valence-corrected chi connectivity index (χ4v) is 2.29. The zero-order valence-corrected chi connectivity index (χ0v) is 16.7. The van der Waals surface area contributed by atoms with Gasteiger partial charge in [0.05, 0.1) is 5.69 Å². The van der Waals surface area contributed by atoms with Crippen molar-refractivity contribution in [3.8, 4) is 5.75 Å². The van der Waals surface area contributed by atoms with Crippen molar-refractivity contribution in [1.29, 1.82) is 0 Å². The molecule has 1 aromatic carbocycles. The fourth-order valence-electron chi connectivity index (χ4n) is 2.29. The monoisotopic (exact) mass is 363 g/mol. The molecule has 6 nitrogen and oxygen atoms in total. The van der Waals surface area contributed by atoms with Crippen LogP contribution in [-0.4, -0.2) is 49.5 Å². The van der Waals surface area contributed by atoms with Gasteiger partial charge in [-0.05, 0) is 25.2 Å². The Balaban J connectivity index is 2.49. The molecule has 0 saturated heterocycles. The molecule has 0 radical (unpaired) electrons. The van der Waals surface area contributed by atoms with Crippen molar-refractivity contribution in [2.24, 2.45) is 5.41 Å². The number of nitrogens with one attached hydrogen (secondary N) is 2. The van der Waals surface area contributed by atoms with Gasteiger partial charge in [-0.3, -0.25) is 9.59 Å². The molecule has 2 amide bonds. The lowest BCUT2D eigenvalue weighted by Gasteiger charge is -2.19. The molecule has 0 aliphatic heterocycles. The van der Waals surface area contributed by atoms with E-state index in [9.17, 15) is 9.59 Å². The zero-order chi connectivity index (χ0) is 19.6. The highest BCUT2D eigenvalue weighted by atomic mass is 16.5. The van der Waals surface area contributed by atoms with E-state index < -0.39 is 5.41 Å². The lowest BCUT2D eigenvalue weighted by molar-refractivity contribution is -0.128. The number of amides is 2. The molecule has 0 spiro atoms. The van der Waals surface area contributed by atoms with Gasteiger partial charge in [0.25, 0.3) is 0 Å². The van der Waals surface area contributed by atoms with Crippen molar-refractivity contribution in [3.63, 3.8) is 0 Å². The summed E-state index contributed by atoms with van der Waals surface area (Å²) in [5.41, 5.74) is 0.195. The first kappa shape index (κ1) is 22.0. The molecular formula is C20H33N3O3. The largest absolute Gasteiger partial charge is 0.490 e. The Hall–Kier alpha value is -2.08. The molecule has 0 saturated carbocycles. The number of hydrogen-bond donors (Lipinski definition) is 2. The predicted octanol–water partition coefficient (Wildman–Crippen LogP) is 2.90. The second-order valence-electron chi connectivity index (χ2n) is 7.18. The van der Waals surface area contributed by atoms with Crippen molar-refractivity contribution in [3.05, 3.63) is 24.3 Å². The van der Waals surface area contributed by atoms with Crippen LogP contribution in [0, 0.1) is 5.41 Å². The molecule has 0 fully saturated rings. The van der Waals surface area contributed by atoms with Gasteiger partial charge < -0.3 is 20.3 Å². The fraction of sp³-hybridized carbons (Fsp3) is 0.600. The summed E-state index contributed by atoms with van der Waals surface area (Å²) in [6.45, 7) is 13.5. The third-order valence-electron chi connectivity index (χ3n) is 4.04. The Kier molecular flexibility index (Phi) is 9.13. The highest BCUT2D eigenvalue weighted by Crippen LogP contribution is 2.23. The maximum Gasteiger partial charge on any atom is 0.226 e. The van der Waals surface area contributed by atoms with Gasteiger partial charge >= 0.3 is 0 Å². The number of nitrogens with zero attached hydrogens (tertiary/aromatic N) is 1. The normalized spacial score (nSPS) is 11.3. The van der Waals surface area contributed by atoms with E-state index in [1.807, 2.05) is 45.0 Å². The minimum Gasteiger partial charge on any atom is -0.490 e. The number of anilines is 1. The van der Waals surface area contributed by atoms with Gasteiger partial charge in [-0.25, -0.2) is 0 Å². The van der Waals surface area contributed by atoms with E-state index in [-0.39, 0.29) is 18.2 Å². The van der Waals surface area contributed by atoms with Gasteiger partial charge in [0.15, 0.2) is 0 Å². The van der Waals surface area contributed by atoms with E-state index in [0.29, 0.717) is 24.6 Å². The molecule has 2 N–H and O–H groups in total. The SMILES string of the molecule is CCN(CC)CCOc1ccccc1NC(=O)CCNC(=O)C(C)(C)C. The van der Waals surface area contributed by atoms with Crippen LogP contribution in [0.5, 0.6) is 5.75 Å². The number of carbonyl (C=O) groups excluding carboxylic acids is 2. The minimum atomic E-state index is -0.457. The number of benzene rings is 1. The zero-order valence-electron chi connectivity index (χ0n) is 16.7. The summed E-state index contributed by atoms with van der Waals surface area (Å²) in [6, 6.07) is 7.40. The third-order valence-corrected chi connectivity index (χ3v) is 4.04. The number of rotatable bonds is 10. The molecule has 146 valence electrons. The Labute approximate surface area is 157 Å². The molecule has 0 aliphatic carbocycles. The van der Waals surface area contributed by atoms with Crippen molar-refractivity contribution in [1.82, 2.24) is 10.2 Å². The van der Waals surface area contributed by atoms with Crippen LogP contribution in [0.2, 0.25) is 0 Å². The number of carbonyl (C=O) groups is 2. The van der Waals surface area contributed by atoms with E-state index in [0.717, 1.165) is 19.6 Å². The molecule has 0 aliphatic rings. The van der Waals surface area contributed by atoms with Crippen LogP contribution in [0.4, 0.5) is 5.69 Å². The standard InChI is InChI=1S/C20H33N3O3/c1-6-23(7-2)14-15-26-17-11-9-8-10-16(17)22-18(24)12-13-21-19(25)20(3,4)5/h8-11H,6-7,12-15H2,1-5H3,(H,21,25)(H,22,24). The Morgan fingerprint density at radius 2 is 1.77 bits per heavy atom. The molecule has 0 aromatic heterocycles. The van der Waals surface area contributed by atoms with Gasteiger partial charge in [-0.1, -0.05) is 46.8 Å². The quantitative estimate of drug-likeness (QED) is 0.671. The molecule has 0 atom stereocenters. The van der Waals surface area contributed by atoms with E-state index >= 15 is 0 Å². The molecule has 26 heavy (non-hydrogen) atoms. The van der Waals surface area contributed by atoms with Crippen molar-refractivity contribution in [2.75, 3.05) is 38.1 Å². The lowest BCUT2D eigenvalue weighted by atomic mass is 9.96. The topological polar surface area (TPSA) is 70.7 Å². The Morgan fingerprint density at radius 3 is 2.38 bits per heavy atom. The molecule has 1 aromatic rings. The molecule has 0 heterocycles. The van der Waals surface area contributed by atoms with Crippen LogP contribution in [-0.2, 0) is 9.59 Å². The minimum absolute atomic E-state index is 0.0644. The second-order valence-corrected chi connectivity index (χ2v) is 7.18. The van der Waals surface area contributed by atoms with Gasteiger partial charge in [-0.2, -0.15) is 0 Å². The Bertz CT molecular complexity index is 578. The van der Waals surface area contributed by atoms with Crippen LogP contribution in [0.25, 0.3) is 0 Å². The smallest absolute Gasteiger partial charge is 0.226 e. The Morgan fingerprint density at radius 1 is 1.12 bits per heavy atom.